The molecular formula is C14H13F2NO2. The Morgan fingerprint density at radius 3 is 2.58 bits per heavy atom. The topological polar surface area (TPSA) is 44.5 Å². The summed E-state index contributed by atoms with van der Waals surface area (Å²) in [5, 5.41) is 0. The minimum atomic E-state index is -0.518. The number of rotatable bonds is 4. The number of nitrogens with two attached hydrogens (primary N) is 1. The third-order valence-electron chi connectivity index (χ3n) is 2.65. The van der Waals surface area contributed by atoms with Gasteiger partial charge in [-0.3, -0.25) is 0 Å². The molecule has 0 unspecified atom stereocenters. The van der Waals surface area contributed by atoms with Gasteiger partial charge in [-0.2, -0.15) is 0 Å². The average molecular weight is 265 g/mol. The number of nitrogen functional groups attached to an aromatic ring is 1. The van der Waals surface area contributed by atoms with E-state index >= 15 is 0 Å². The first-order valence-electron chi connectivity index (χ1n) is 5.61. The third kappa shape index (κ3) is 2.93. The Hall–Kier alpha value is -2.30. The number of benzene rings is 2. The summed E-state index contributed by atoms with van der Waals surface area (Å²) in [7, 11) is 1.45. The van der Waals surface area contributed by atoms with Crippen molar-refractivity contribution in [3.8, 4) is 11.5 Å². The summed E-state index contributed by atoms with van der Waals surface area (Å²) in [6.45, 7) is -0.0269. The predicted octanol–water partition coefficient (Wildman–Crippen LogP) is 3.13. The van der Waals surface area contributed by atoms with Crippen molar-refractivity contribution in [3.63, 3.8) is 0 Å². The minimum Gasteiger partial charge on any atom is -0.496 e. The Kier molecular flexibility index (Phi) is 3.85. The Morgan fingerprint density at radius 2 is 1.89 bits per heavy atom. The van der Waals surface area contributed by atoms with Crippen LogP contribution in [-0.4, -0.2) is 7.11 Å². The number of methoxy groups -OCH3 is 1. The number of hydrogen-bond acceptors (Lipinski definition) is 3. The van der Waals surface area contributed by atoms with Crippen LogP contribution in [-0.2, 0) is 6.61 Å². The van der Waals surface area contributed by atoms with Crippen LogP contribution in [0.4, 0.5) is 14.5 Å². The maximum atomic E-state index is 13.6. The molecule has 2 aromatic rings. The van der Waals surface area contributed by atoms with Gasteiger partial charge in [-0.15, -0.1) is 0 Å². The second-order valence-corrected chi connectivity index (χ2v) is 3.89. The molecule has 0 bridgehead atoms. The molecule has 0 spiro atoms. The molecule has 0 fully saturated rings. The molecule has 100 valence electrons. The van der Waals surface area contributed by atoms with Crippen molar-refractivity contribution in [2.45, 2.75) is 6.61 Å². The van der Waals surface area contributed by atoms with Crippen LogP contribution in [0.1, 0.15) is 5.56 Å². The number of hydrogen-bond donors (Lipinski definition) is 1. The molecule has 5 heteroatoms. The Bertz CT molecular complexity index is 588. The van der Waals surface area contributed by atoms with E-state index in [0.29, 0.717) is 17.1 Å². The quantitative estimate of drug-likeness (QED) is 0.864. The fraction of sp³-hybridized carbons (Fsp3) is 0.143. The number of ether oxygens (including phenoxy) is 2. The van der Waals surface area contributed by atoms with Crippen LogP contribution in [0.5, 0.6) is 11.5 Å². The standard InChI is InChI=1S/C14H13F2NO2/c1-18-14-4-2-3-11(15)10(14)8-19-9-5-6-12(16)13(17)7-9/h2-7H,8,17H2,1H3. The second-order valence-electron chi connectivity index (χ2n) is 3.89. The lowest BCUT2D eigenvalue weighted by Gasteiger charge is -2.11. The summed E-state index contributed by atoms with van der Waals surface area (Å²) in [5.41, 5.74) is 5.71. The fourth-order valence-corrected chi connectivity index (χ4v) is 1.64. The molecule has 0 radical (unpaired) electrons. The van der Waals surface area contributed by atoms with Crippen LogP contribution in [0.2, 0.25) is 0 Å². The lowest BCUT2D eigenvalue weighted by molar-refractivity contribution is 0.289. The van der Waals surface area contributed by atoms with Crippen LogP contribution in [0.15, 0.2) is 36.4 Å². The smallest absolute Gasteiger partial charge is 0.146 e. The molecular weight excluding hydrogens is 252 g/mol. The molecule has 2 aromatic carbocycles. The van der Waals surface area contributed by atoms with Gasteiger partial charge in [0.15, 0.2) is 0 Å². The normalized spacial score (nSPS) is 10.3. The summed E-state index contributed by atoms with van der Waals surface area (Å²) in [6, 6.07) is 8.49. The first kappa shape index (κ1) is 13.1. The van der Waals surface area contributed by atoms with Gasteiger partial charge in [0.1, 0.15) is 29.7 Å². The van der Waals surface area contributed by atoms with Gasteiger partial charge in [-0.25, -0.2) is 8.78 Å². The van der Waals surface area contributed by atoms with Crippen LogP contribution in [0.3, 0.4) is 0 Å². The summed E-state index contributed by atoms with van der Waals surface area (Å²) in [6.07, 6.45) is 0. The molecule has 2 N–H and O–H groups in total. The van der Waals surface area contributed by atoms with Gasteiger partial charge in [0.25, 0.3) is 0 Å². The molecule has 3 nitrogen and oxygen atoms in total. The average Bonchev–Trinajstić information content (AvgIpc) is 2.41. The molecule has 19 heavy (non-hydrogen) atoms. The highest BCUT2D eigenvalue weighted by atomic mass is 19.1. The molecule has 0 atom stereocenters. The zero-order chi connectivity index (χ0) is 13.8. The first-order valence-corrected chi connectivity index (χ1v) is 5.61. The van der Waals surface area contributed by atoms with Crippen molar-refractivity contribution in [2.75, 3.05) is 12.8 Å². The molecule has 0 saturated heterocycles. The van der Waals surface area contributed by atoms with Gasteiger partial charge in [0, 0.05) is 6.07 Å². The summed E-state index contributed by atoms with van der Waals surface area (Å²) < 4.78 is 37.1. The van der Waals surface area contributed by atoms with E-state index in [4.69, 9.17) is 15.2 Å². The highest BCUT2D eigenvalue weighted by molar-refractivity contribution is 5.45. The Labute approximate surface area is 109 Å². The van der Waals surface area contributed by atoms with E-state index in [0.717, 1.165) is 0 Å². The largest absolute Gasteiger partial charge is 0.496 e. The van der Waals surface area contributed by atoms with Gasteiger partial charge in [-0.05, 0) is 24.3 Å². The summed E-state index contributed by atoms with van der Waals surface area (Å²) in [5.74, 6) is -0.176. The SMILES string of the molecule is COc1cccc(F)c1COc1ccc(F)c(N)c1. The molecule has 0 aromatic heterocycles. The van der Waals surface area contributed by atoms with E-state index in [-0.39, 0.29) is 12.3 Å². The van der Waals surface area contributed by atoms with Gasteiger partial charge in [0.2, 0.25) is 0 Å². The van der Waals surface area contributed by atoms with Crippen molar-refractivity contribution >= 4 is 5.69 Å². The molecule has 0 amide bonds. The van der Waals surface area contributed by atoms with Crippen LogP contribution >= 0.6 is 0 Å². The monoisotopic (exact) mass is 265 g/mol. The first-order chi connectivity index (χ1) is 9.11. The lowest BCUT2D eigenvalue weighted by Crippen LogP contribution is -2.02. The van der Waals surface area contributed by atoms with Gasteiger partial charge < -0.3 is 15.2 Å². The lowest BCUT2D eigenvalue weighted by atomic mass is 10.2. The Morgan fingerprint density at radius 1 is 1.11 bits per heavy atom. The zero-order valence-corrected chi connectivity index (χ0v) is 10.3. The van der Waals surface area contributed by atoms with Crippen LogP contribution in [0, 0.1) is 11.6 Å². The molecule has 0 saturated carbocycles. The second kappa shape index (κ2) is 5.56. The molecule has 0 aliphatic carbocycles. The van der Waals surface area contributed by atoms with E-state index in [2.05, 4.69) is 0 Å². The van der Waals surface area contributed by atoms with E-state index in [1.54, 1.807) is 12.1 Å². The Balaban J connectivity index is 2.16. The third-order valence-corrected chi connectivity index (χ3v) is 2.65. The number of anilines is 1. The highest BCUT2D eigenvalue weighted by Crippen LogP contribution is 2.24. The van der Waals surface area contributed by atoms with Crippen LogP contribution in [0.25, 0.3) is 0 Å². The van der Waals surface area contributed by atoms with Gasteiger partial charge >= 0.3 is 0 Å². The van der Waals surface area contributed by atoms with Gasteiger partial charge in [-0.1, -0.05) is 6.07 Å². The zero-order valence-electron chi connectivity index (χ0n) is 10.3. The molecule has 0 heterocycles. The van der Waals surface area contributed by atoms with E-state index in [9.17, 15) is 8.78 Å². The predicted molar refractivity (Wildman–Crippen MR) is 68.1 cm³/mol. The molecule has 2 rings (SSSR count). The van der Waals surface area contributed by atoms with Crippen molar-refractivity contribution in [3.05, 3.63) is 53.6 Å². The van der Waals surface area contributed by atoms with E-state index < -0.39 is 11.6 Å². The van der Waals surface area contributed by atoms with Crippen molar-refractivity contribution < 1.29 is 18.3 Å². The summed E-state index contributed by atoms with van der Waals surface area (Å²) in [4.78, 5) is 0. The van der Waals surface area contributed by atoms with E-state index in [1.807, 2.05) is 0 Å². The molecule has 0 aliphatic heterocycles. The van der Waals surface area contributed by atoms with E-state index in [1.165, 1.54) is 31.4 Å². The van der Waals surface area contributed by atoms with Crippen LogP contribution < -0.4 is 15.2 Å². The molecule has 0 aliphatic rings. The van der Waals surface area contributed by atoms with Crippen molar-refractivity contribution in [2.24, 2.45) is 0 Å². The highest BCUT2D eigenvalue weighted by Gasteiger charge is 2.10. The maximum Gasteiger partial charge on any atom is 0.146 e. The summed E-state index contributed by atoms with van der Waals surface area (Å²) >= 11 is 0. The van der Waals surface area contributed by atoms with Crippen molar-refractivity contribution in [1.29, 1.82) is 0 Å². The minimum absolute atomic E-state index is 0.0157. The van der Waals surface area contributed by atoms with Crippen molar-refractivity contribution in [1.82, 2.24) is 0 Å². The number of halogens is 2. The fourth-order valence-electron chi connectivity index (χ4n) is 1.64. The maximum absolute atomic E-state index is 13.6. The van der Waals surface area contributed by atoms with Gasteiger partial charge in [0.05, 0.1) is 18.4 Å².